The topological polar surface area (TPSA) is 38.3 Å². The Labute approximate surface area is 82.4 Å². The van der Waals surface area contributed by atoms with Crippen LogP contribution in [0.15, 0.2) is 0 Å². The number of carbonyl (C=O) groups excluding carboxylic acids is 1. The molecule has 5 heteroatoms. The second-order valence-electron chi connectivity index (χ2n) is 2.56. The Morgan fingerprint density at radius 3 is 3.18 bits per heavy atom. The van der Waals surface area contributed by atoms with E-state index in [1.165, 1.54) is 9.21 Å². The molecule has 0 bridgehead atoms. The van der Waals surface area contributed by atoms with Crippen molar-refractivity contribution in [3.63, 3.8) is 0 Å². The largest absolute Gasteiger partial charge is 0.356 e. The summed E-state index contributed by atoms with van der Waals surface area (Å²) in [6.07, 6.45) is 1.61. The zero-order valence-electron chi connectivity index (χ0n) is 6.01. The molecule has 1 aliphatic rings. The zero-order chi connectivity index (χ0) is 8.10. The van der Waals surface area contributed by atoms with Gasteiger partial charge in [0.15, 0.2) is 0 Å². The van der Waals surface area contributed by atoms with E-state index in [0.717, 1.165) is 19.6 Å². The lowest BCUT2D eigenvalue weighted by molar-refractivity contribution is -0.123. The molecule has 11 heavy (non-hydrogen) atoms. The van der Waals surface area contributed by atoms with Crippen LogP contribution in [-0.4, -0.2) is 19.1 Å². The van der Waals surface area contributed by atoms with Gasteiger partial charge in [0.2, 0.25) is 5.91 Å². The van der Waals surface area contributed by atoms with E-state index in [2.05, 4.69) is 26.5 Å². The van der Waals surface area contributed by atoms with Gasteiger partial charge < -0.3 is 9.50 Å². The van der Waals surface area contributed by atoms with E-state index in [1.807, 2.05) is 0 Å². The predicted molar refractivity (Wildman–Crippen MR) is 53.3 cm³/mol. The van der Waals surface area contributed by atoms with E-state index < -0.39 is 0 Å². The first kappa shape index (κ1) is 9.60. The fourth-order valence-corrected chi connectivity index (χ4v) is 1.73. The van der Waals surface area contributed by atoms with Gasteiger partial charge in [-0.05, 0) is 6.42 Å². The molecule has 1 N–H and O–H groups in total. The number of rotatable bonds is 3. The molecule has 1 unspecified atom stereocenters. The summed E-state index contributed by atoms with van der Waals surface area (Å²) in [6, 6.07) is 0. The molecule has 64 valence electrons. The molecule has 1 atom stereocenters. The van der Waals surface area contributed by atoms with Gasteiger partial charge in [-0.2, -0.15) is 0 Å². The van der Waals surface area contributed by atoms with Gasteiger partial charge >= 0.3 is 0 Å². The average Bonchev–Trinajstić information content (AvgIpc) is 2.04. The van der Waals surface area contributed by atoms with Crippen LogP contribution in [-0.2, 0) is 8.98 Å². The normalized spacial score (nSPS) is 24.8. The molecule has 0 aromatic heterocycles. The van der Waals surface area contributed by atoms with Crippen LogP contribution in [0.25, 0.3) is 0 Å². The summed E-state index contributed by atoms with van der Waals surface area (Å²) in [5.41, 5.74) is 0. The first-order valence-electron chi connectivity index (χ1n) is 3.50. The lowest BCUT2D eigenvalue weighted by Gasteiger charge is -2.20. The van der Waals surface area contributed by atoms with Gasteiger partial charge in [0.1, 0.15) is 0 Å². The highest BCUT2D eigenvalue weighted by atomic mass is 127. The van der Waals surface area contributed by atoms with Crippen LogP contribution in [0, 0.1) is 5.92 Å². The van der Waals surface area contributed by atoms with Crippen molar-refractivity contribution in [3.8, 4) is 0 Å². The molecule has 0 aromatic carbocycles. The molecule has 0 spiro atoms. The van der Waals surface area contributed by atoms with Gasteiger partial charge in [-0.1, -0.05) is 0 Å². The van der Waals surface area contributed by atoms with Crippen LogP contribution < -0.4 is 5.32 Å². The number of carbonyl (C=O) groups is 1. The number of nitrogens with one attached hydrogen (secondary N) is 1. The molecule has 1 fully saturated rings. The third-order valence-corrected chi connectivity index (χ3v) is 2.70. The third kappa shape index (κ3) is 3.62. The number of halogens is 1. The minimum Gasteiger partial charge on any atom is -0.356 e. The molecule has 1 amide bonds. The van der Waals surface area contributed by atoms with Gasteiger partial charge in [0.05, 0.1) is 15.8 Å². The average molecular weight is 287 g/mol. The van der Waals surface area contributed by atoms with Gasteiger partial charge in [-0.25, -0.2) is 0 Å². The molecule has 0 aliphatic carbocycles. The van der Waals surface area contributed by atoms with E-state index in [0.29, 0.717) is 12.3 Å². The van der Waals surface area contributed by atoms with Crippen molar-refractivity contribution in [2.45, 2.75) is 12.8 Å². The van der Waals surface area contributed by atoms with Crippen molar-refractivity contribution < 1.29 is 8.98 Å². The van der Waals surface area contributed by atoms with Crippen LogP contribution in [0.1, 0.15) is 12.8 Å². The molecular weight excluding hydrogens is 277 g/mol. The fourth-order valence-electron chi connectivity index (χ4n) is 1.05. The monoisotopic (exact) mass is 287 g/mol. The highest BCUT2D eigenvalue weighted by Gasteiger charge is 2.17. The molecular formula is C6H10INO2S. The number of hydrogen-bond acceptors (Lipinski definition) is 3. The second-order valence-corrected chi connectivity index (χ2v) is 4.00. The van der Waals surface area contributed by atoms with E-state index in [9.17, 15) is 4.79 Å². The number of amides is 1. The maximum atomic E-state index is 10.7. The van der Waals surface area contributed by atoms with Crippen molar-refractivity contribution >= 4 is 36.3 Å². The van der Waals surface area contributed by atoms with Gasteiger partial charge in [0, 0.05) is 40.1 Å². The standard InChI is InChI=1S/C6H10INO2S/c7-11-10-4-5-1-2-6(9)8-3-5/h5H,1-4H2,(H,8,9). The summed E-state index contributed by atoms with van der Waals surface area (Å²) in [5, 5.41) is 2.81. The number of hydrogen-bond donors (Lipinski definition) is 1. The molecule has 0 saturated carbocycles. The van der Waals surface area contributed by atoms with Crippen molar-refractivity contribution in [2.24, 2.45) is 5.92 Å². The van der Waals surface area contributed by atoms with Gasteiger partial charge in [-0.15, -0.1) is 0 Å². The highest BCUT2D eigenvalue weighted by Crippen LogP contribution is 2.17. The Kier molecular flexibility index (Phi) is 4.54. The first-order chi connectivity index (χ1) is 5.33. The summed E-state index contributed by atoms with van der Waals surface area (Å²) in [6.45, 7) is 1.52. The lowest BCUT2D eigenvalue weighted by Crippen LogP contribution is -2.36. The van der Waals surface area contributed by atoms with Crippen LogP contribution in [0.5, 0.6) is 0 Å². The summed E-state index contributed by atoms with van der Waals surface area (Å²) >= 11 is 2.09. The van der Waals surface area contributed by atoms with Crippen molar-refractivity contribution in [2.75, 3.05) is 13.2 Å². The SMILES string of the molecule is O=C1CCC(COSI)CN1. The molecule has 0 radical (unpaired) electrons. The Hall–Kier alpha value is 0.510. The second kappa shape index (κ2) is 5.21. The smallest absolute Gasteiger partial charge is 0.220 e. The summed E-state index contributed by atoms with van der Waals surface area (Å²) in [7, 11) is 1.35. The maximum absolute atomic E-state index is 10.7. The lowest BCUT2D eigenvalue weighted by atomic mass is 10.0. The minimum atomic E-state index is 0.170. The minimum absolute atomic E-state index is 0.170. The fraction of sp³-hybridized carbons (Fsp3) is 0.833. The van der Waals surface area contributed by atoms with E-state index >= 15 is 0 Å². The molecule has 1 heterocycles. The highest BCUT2D eigenvalue weighted by molar-refractivity contribution is 14.2. The Balaban J connectivity index is 2.12. The Bertz CT molecular complexity index is 135. The quantitative estimate of drug-likeness (QED) is 0.632. The van der Waals surface area contributed by atoms with Gasteiger partial charge in [0.25, 0.3) is 0 Å². The Morgan fingerprint density at radius 2 is 2.64 bits per heavy atom. The van der Waals surface area contributed by atoms with E-state index in [4.69, 9.17) is 4.18 Å². The van der Waals surface area contributed by atoms with Crippen molar-refractivity contribution in [1.29, 1.82) is 0 Å². The molecule has 1 aliphatic heterocycles. The van der Waals surface area contributed by atoms with E-state index in [1.54, 1.807) is 0 Å². The summed E-state index contributed by atoms with van der Waals surface area (Å²) < 4.78 is 5.16. The third-order valence-electron chi connectivity index (χ3n) is 1.72. The van der Waals surface area contributed by atoms with Crippen LogP contribution in [0.4, 0.5) is 0 Å². The maximum Gasteiger partial charge on any atom is 0.220 e. The van der Waals surface area contributed by atoms with Crippen LogP contribution in [0.2, 0.25) is 0 Å². The molecule has 3 nitrogen and oxygen atoms in total. The zero-order valence-corrected chi connectivity index (χ0v) is 8.98. The predicted octanol–water partition coefficient (Wildman–Crippen LogP) is 1.53. The first-order valence-corrected chi connectivity index (χ1v) is 6.78. The van der Waals surface area contributed by atoms with Gasteiger partial charge in [-0.3, -0.25) is 4.79 Å². The van der Waals surface area contributed by atoms with Crippen LogP contribution >= 0.6 is 30.4 Å². The number of piperidine rings is 1. The van der Waals surface area contributed by atoms with Crippen molar-refractivity contribution in [3.05, 3.63) is 0 Å². The molecule has 1 saturated heterocycles. The summed E-state index contributed by atoms with van der Waals surface area (Å²) in [5.74, 6) is 0.679. The molecule has 1 rings (SSSR count). The Morgan fingerprint density at radius 1 is 1.82 bits per heavy atom. The summed E-state index contributed by atoms with van der Waals surface area (Å²) in [4.78, 5) is 10.7. The van der Waals surface area contributed by atoms with E-state index in [-0.39, 0.29) is 5.91 Å². The van der Waals surface area contributed by atoms with Crippen molar-refractivity contribution in [1.82, 2.24) is 5.32 Å². The van der Waals surface area contributed by atoms with Crippen LogP contribution in [0.3, 0.4) is 0 Å². The molecule has 0 aromatic rings.